The largest absolute Gasteiger partial charge is 0.324 e. The number of nitrogens with zero attached hydrogens (tertiary/aromatic N) is 1. The van der Waals surface area contributed by atoms with Crippen molar-refractivity contribution < 1.29 is 0 Å². The van der Waals surface area contributed by atoms with Crippen LogP contribution in [0.2, 0.25) is 0 Å². The Morgan fingerprint density at radius 2 is 1.81 bits per heavy atom. The monoisotopic (exact) mass is 213 g/mol. The average molecular weight is 213 g/mol. The number of para-hydroxylation sites is 1. The predicted molar refractivity (Wildman–Crippen MR) is 64.8 cm³/mol. The van der Waals surface area contributed by atoms with Crippen LogP contribution in [0.3, 0.4) is 0 Å². The first-order chi connectivity index (χ1) is 7.75. The molecule has 2 atom stereocenters. The minimum Gasteiger partial charge on any atom is -0.324 e. The highest BCUT2D eigenvalue weighted by Crippen LogP contribution is 2.33. The van der Waals surface area contributed by atoms with Crippen molar-refractivity contribution in [2.24, 2.45) is 11.5 Å². The Morgan fingerprint density at radius 3 is 2.69 bits per heavy atom. The fourth-order valence-electron chi connectivity index (χ4n) is 2.39. The standard InChI is InChI=1S/C13H15N3/c14-10-5-6-11(15)13-9(10)7-8-3-1-2-4-12(8)16-13/h1-4,7,10-11H,5-6,14-15H2/t10-,11+/m1/s1. The molecule has 0 saturated heterocycles. The van der Waals surface area contributed by atoms with Crippen LogP contribution in [-0.2, 0) is 0 Å². The molecular weight excluding hydrogens is 198 g/mol. The number of fused-ring (bicyclic) bond motifs is 2. The Bertz CT molecular complexity index is 487. The lowest BCUT2D eigenvalue weighted by Gasteiger charge is -2.26. The van der Waals surface area contributed by atoms with E-state index in [2.05, 4.69) is 17.1 Å². The molecule has 82 valence electrons. The van der Waals surface area contributed by atoms with Crippen molar-refractivity contribution in [1.82, 2.24) is 4.98 Å². The maximum atomic E-state index is 6.10. The summed E-state index contributed by atoms with van der Waals surface area (Å²) < 4.78 is 0. The molecule has 3 rings (SSSR count). The van der Waals surface area contributed by atoms with Crippen LogP contribution in [0.4, 0.5) is 0 Å². The molecule has 1 heterocycles. The second-order valence-corrected chi connectivity index (χ2v) is 4.45. The molecule has 1 aliphatic rings. The fourth-order valence-corrected chi connectivity index (χ4v) is 2.39. The number of rotatable bonds is 0. The van der Waals surface area contributed by atoms with Gasteiger partial charge in [-0.05, 0) is 30.5 Å². The molecule has 0 amide bonds. The second-order valence-electron chi connectivity index (χ2n) is 4.45. The lowest BCUT2D eigenvalue weighted by atomic mass is 9.88. The zero-order valence-electron chi connectivity index (χ0n) is 9.06. The summed E-state index contributed by atoms with van der Waals surface area (Å²) in [5.74, 6) is 0. The van der Waals surface area contributed by atoms with E-state index < -0.39 is 0 Å². The van der Waals surface area contributed by atoms with Gasteiger partial charge in [0.25, 0.3) is 0 Å². The van der Waals surface area contributed by atoms with Gasteiger partial charge in [0.15, 0.2) is 0 Å². The number of aromatic nitrogens is 1. The first-order valence-electron chi connectivity index (χ1n) is 5.66. The molecule has 16 heavy (non-hydrogen) atoms. The van der Waals surface area contributed by atoms with E-state index in [0.29, 0.717) is 0 Å². The highest BCUT2D eigenvalue weighted by Gasteiger charge is 2.24. The van der Waals surface area contributed by atoms with E-state index in [1.165, 1.54) is 0 Å². The van der Waals surface area contributed by atoms with Crippen molar-refractivity contribution in [3.05, 3.63) is 41.6 Å². The van der Waals surface area contributed by atoms with Gasteiger partial charge in [0.2, 0.25) is 0 Å². The molecule has 0 radical (unpaired) electrons. The van der Waals surface area contributed by atoms with Gasteiger partial charge < -0.3 is 11.5 Å². The summed E-state index contributed by atoms with van der Waals surface area (Å²) in [6.07, 6.45) is 1.88. The van der Waals surface area contributed by atoms with Gasteiger partial charge in [-0.15, -0.1) is 0 Å². The van der Waals surface area contributed by atoms with Gasteiger partial charge >= 0.3 is 0 Å². The quantitative estimate of drug-likeness (QED) is 0.703. The van der Waals surface area contributed by atoms with E-state index in [9.17, 15) is 0 Å². The summed E-state index contributed by atoms with van der Waals surface area (Å²) in [5, 5.41) is 1.14. The first kappa shape index (κ1) is 9.75. The third-order valence-electron chi connectivity index (χ3n) is 3.32. The van der Waals surface area contributed by atoms with Gasteiger partial charge in [0, 0.05) is 17.5 Å². The van der Waals surface area contributed by atoms with Crippen LogP contribution in [0.15, 0.2) is 30.3 Å². The zero-order chi connectivity index (χ0) is 11.1. The van der Waals surface area contributed by atoms with Gasteiger partial charge in [0.1, 0.15) is 0 Å². The maximum Gasteiger partial charge on any atom is 0.0706 e. The molecule has 4 N–H and O–H groups in total. The Morgan fingerprint density at radius 1 is 1.06 bits per heavy atom. The van der Waals surface area contributed by atoms with Crippen molar-refractivity contribution in [1.29, 1.82) is 0 Å². The summed E-state index contributed by atoms with van der Waals surface area (Å²) >= 11 is 0. The topological polar surface area (TPSA) is 64.9 Å². The molecule has 1 aromatic carbocycles. The molecule has 0 aliphatic heterocycles. The number of nitrogens with two attached hydrogens (primary N) is 2. The third kappa shape index (κ3) is 1.40. The predicted octanol–water partition coefficient (Wildman–Crippen LogP) is 2.03. The molecule has 3 nitrogen and oxygen atoms in total. The van der Waals surface area contributed by atoms with Gasteiger partial charge in [0.05, 0.1) is 11.2 Å². The molecule has 0 saturated carbocycles. The molecule has 0 spiro atoms. The zero-order valence-corrected chi connectivity index (χ0v) is 9.06. The molecule has 0 unspecified atom stereocenters. The van der Waals surface area contributed by atoms with E-state index in [1.807, 2.05) is 18.2 Å². The number of hydrogen-bond donors (Lipinski definition) is 2. The lowest BCUT2D eigenvalue weighted by Crippen LogP contribution is -2.25. The highest BCUT2D eigenvalue weighted by molar-refractivity contribution is 5.79. The van der Waals surface area contributed by atoms with E-state index in [0.717, 1.165) is 35.0 Å². The molecule has 3 heteroatoms. The van der Waals surface area contributed by atoms with Crippen LogP contribution >= 0.6 is 0 Å². The fraction of sp³-hybridized carbons (Fsp3) is 0.308. The van der Waals surface area contributed by atoms with Gasteiger partial charge in [-0.1, -0.05) is 18.2 Å². The van der Waals surface area contributed by atoms with Crippen LogP contribution in [-0.4, -0.2) is 4.98 Å². The van der Waals surface area contributed by atoms with Gasteiger partial charge in [-0.3, -0.25) is 4.98 Å². The number of pyridine rings is 1. The lowest BCUT2D eigenvalue weighted by molar-refractivity contribution is 0.491. The molecule has 0 bridgehead atoms. The van der Waals surface area contributed by atoms with Crippen LogP contribution in [0, 0.1) is 0 Å². The Labute approximate surface area is 94.5 Å². The van der Waals surface area contributed by atoms with Crippen molar-refractivity contribution in [3.8, 4) is 0 Å². The Balaban J connectivity index is 2.28. The molecule has 2 aromatic rings. The minimum atomic E-state index is 0.0411. The molecule has 1 aliphatic carbocycles. The second kappa shape index (κ2) is 3.54. The summed E-state index contributed by atoms with van der Waals surface area (Å²) in [6, 6.07) is 10.4. The van der Waals surface area contributed by atoms with Crippen molar-refractivity contribution in [3.63, 3.8) is 0 Å². The number of hydrogen-bond acceptors (Lipinski definition) is 3. The normalized spacial score (nSPS) is 24.4. The maximum absolute atomic E-state index is 6.10. The Kier molecular flexibility index (Phi) is 2.16. The van der Waals surface area contributed by atoms with E-state index >= 15 is 0 Å². The SMILES string of the molecule is N[C@@H]1CC[C@H](N)c2nc3ccccc3cc21. The van der Waals surface area contributed by atoms with Crippen molar-refractivity contribution in [2.75, 3.05) is 0 Å². The Hall–Kier alpha value is -1.45. The van der Waals surface area contributed by atoms with Crippen molar-refractivity contribution in [2.45, 2.75) is 24.9 Å². The summed E-state index contributed by atoms with van der Waals surface area (Å²) in [4.78, 5) is 4.64. The van der Waals surface area contributed by atoms with E-state index in [4.69, 9.17) is 11.5 Å². The van der Waals surface area contributed by atoms with Gasteiger partial charge in [-0.2, -0.15) is 0 Å². The van der Waals surface area contributed by atoms with E-state index in [-0.39, 0.29) is 12.1 Å². The summed E-state index contributed by atoms with van der Waals surface area (Å²) in [6.45, 7) is 0. The van der Waals surface area contributed by atoms with Crippen molar-refractivity contribution >= 4 is 10.9 Å². The van der Waals surface area contributed by atoms with Crippen LogP contribution in [0.1, 0.15) is 36.2 Å². The highest BCUT2D eigenvalue weighted by atomic mass is 14.8. The van der Waals surface area contributed by atoms with E-state index in [1.54, 1.807) is 0 Å². The summed E-state index contributed by atoms with van der Waals surface area (Å²) in [7, 11) is 0. The number of benzene rings is 1. The van der Waals surface area contributed by atoms with Gasteiger partial charge in [-0.25, -0.2) is 0 Å². The summed E-state index contributed by atoms with van der Waals surface area (Å²) in [5.41, 5.74) is 15.3. The van der Waals surface area contributed by atoms with Crippen LogP contribution < -0.4 is 11.5 Å². The first-order valence-corrected chi connectivity index (χ1v) is 5.66. The third-order valence-corrected chi connectivity index (χ3v) is 3.32. The molecule has 1 aromatic heterocycles. The average Bonchev–Trinajstić information content (AvgIpc) is 2.32. The molecular formula is C13H15N3. The van der Waals surface area contributed by atoms with Crippen LogP contribution in [0.5, 0.6) is 0 Å². The van der Waals surface area contributed by atoms with Crippen LogP contribution in [0.25, 0.3) is 10.9 Å². The minimum absolute atomic E-state index is 0.0411. The molecule has 0 fully saturated rings. The smallest absolute Gasteiger partial charge is 0.0706 e.